The fourth-order valence-corrected chi connectivity index (χ4v) is 0. The molecule has 0 rings (SSSR count). The minimum atomic E-state index is 0. The van der Waals surface area contributed by atoms with Gasteiger partial charge in [-0.3, -0.25) is 0 Å². The summed E-state index contributed by atoms with van der Waals surface area (Å²) in [6.45, 7) is 26.2. The third kappa shape index (κ3) is 673. The second-order valence-electron chi connectivity index (χ2n) is 3.38. The molecule has 0 spiro atoms. The fourth-order valence-electron chi connectivity index (χ4n) is 0. The molecule has 0 aliphatic rings. The predicted octanol–water partition coefficient (Wildman–Crippen LogP) is 5.07. The average molecular weight is 273 g/mol. The molecule has 0 aromatic rings. The van der Waals surface area contributed by atoms with Crippen LogP contribution in [0.25, 0.3) is 0 Å². The first-order chi connectivity index (χ1) is 5.91. The van der Waals surface area contributed by atoms with E-state index in [1.165, 1.54) is 12.2 Å². The average Bonchev–Trinajstić information content (AvgIpc) is 2.08. The van der Waals surface area contributed by atoms with Gasteiger partial charge in [0, 0.05) is 32.7 Å². The molecule has 0 saturated heterocycles. The van der Waals surface area contributed by atoms with Crippen LogP contribution in [0.4, 0.5) is 0 Å². The van der Waals surface area contributed by atoms with E-state index >= 15 is 0 Å². The molecule has 0 aliphatic carbocycles. The minimum absolute atomic E-state index is 0. The number of hydrogen-bond donors (Lipinski definition) is 0. The number of hydrogen-bond acceptors (Lipinski definition) is 0. The second-order valence-corrected chi connectivity index (χ2v) is 3.38. The largest absolute Gasteiger partial charge is 0.394 e. The van der Waals surface area contributed by atoms with Crippen LogP contribution in [0.5, 0.6) is 0 Å². The Morgan fingerprint density at radius 3 is 0.786 bits per heavy atom. The van der Waals surface area contributed by atoms with Crippen LogP contribution in [0.1, 0.15) is 55.4 Å². The van der Waals surface area contributed by atoms with E-state index in [1.807, 2.05) is 27.7 Å². The van der Waals surface area contributed by atoms with E-state index in [-0.39, 0.29) is 32.7 Å². The van der Waals surface area contributed by atoms with Crippen molar-refractivity contribution in [1.82, 2.24) is 0 Å². The summed E-state index contributed by atoms with van der Waals surface area (Å²) in [5.41, 5.74) is 0.500. The zero-order valence-corrected chi connectivity index (χ0v) is 14.2. The fraction of sp³-hybridized carbons (Fsp3) is 0.692. The molecule has 1 radical (unpaired) electrons. The maximum absolute atomic E-state index is 4.72. The molecule has 14 heavy (non-hydrogen) atoms. The molecule has 85 valence electrons. The summed E-state index contributed by atoms with van der Waals surface area (Å²) in [5.74, 6) is 0. The van der Waals surface area contributed by atoms with Gasteiger partial charge in [-0.25, -0.2) is 0 Å². The van der Waals surface area contributed by atoms with Gasteiger partial charge in [0.25, 0.3) is 0 Å². The molecule has 0 N–H and O–H groups in total. The molecule has 0 aromatic heterocycles. The van der Waals surface area contributed by atoms with Crippen molar-refractivity contribution < 1.29 is 32.7 Å². The van der Waals surface area contributed by atoms with Gasteiger partial charge in [-0.1, -0.05) is 55.4 Å². The summed E-state index contributed by atoms with van der Waals surface area (Å²) in [5, 5.41) is 0. The summed E-state index contributed by atoms with van der Waals surface area (Å²) >= 11 is 0. The van der Waals surface area contributed by atoms with Gasteiger partial charge in [0.1, 0.15) is 0 Å². The molecule has 0 unspecified atom stereocenters. The number of allylic oxidation sites excluding steroid dienone is 2. The molecule has 0 amide bonds. The monoisotopic (exact) mass is 273 g/mol. The predicted molar refractivity (Wildman–Crippen MR) is 65.6 cm³/mol. The van der Waals surface area contributed by atoms with Crippen molar-refractivity contribution in [3.8, 4) is 0 Å². The van der Waals surface area contributed by atoms with Gasteiger partial charge in [-0.2, -0.15) is 0 Å². The molecule has 0 saturated carbocycles. The van der Waals surface area contributed by atoms with Gasteiger partial charge in [0.2, 0.25) is 0 Å². The van der Waals surface area contributed by atoms with E-state index in [9.17, 15) is 0 Å². The molecular weight excluding hydrogens is 245 g/mol. The topological polar surface area (TPSA) is 0 Å². The molecule has 0 nitrogen and oxygen atoms in total. The summed E-state index contributed by atoms with van der Waals surface area (Å²) < 4.78 is 0. The van der Waals surface area contributed by atoms with Crippen molar-refractivity contribution in [2.24, 2.45) is 5.41 Å². The van der Waals surface area contributed by atoms with E-state index in [1.54, 1.807) is 0 Å². The molecule has 0 atom stereocenters. The van der Waals surface area contributed by atoms with Crippen LogP contribution in [-0.4, -0.2) is 0 Å². The normalized spacial score (nSPS) is 6.57. The Bertz CT molecular complexity index is 65.7. The molecule has 0 aliphatic heterocycles. The van der Waals surface area contributed by atoms with Crippen LogP contribution < -0.4 is 0 Å². The van der Waals surface area contributed by atoms with E-state index in [4.69, 9.17) is 13.2 Å². The van der Waals surface area contributed by atoms with Crippen LogP contribution in [0.3, 0.4) is 0 Å². The first kappa shape index (κ1) is 29.3. The van der Waals surface area contributed by atoms with Gasteiger partial charge in [-0.15, -0.1) is 0 Å². The molecule has 0 bridgehead atoms. The smallest absolute Gasteiger partial charge is 0 e. The van der Waals surface area contributed by atoms with E-state index in [0.29, 0.717) is 5.41 Å². The quantitative estimate of drug-likeness (QED) is 0.462. The third-order valence-electron chi connectivity index (χ3n) is 0.111. The van der Waals surface area contributed by atoms with Crippen molar-refractivity contribution in [3.63, 3.8) is 0 Å². The van der Waals surface area contributed by atoms with Crippen LogP contribution in [0.15, 0.2) is 12.2 Å². The first-order valence-corrected chi connectivity index (χ1v) is 5.00. The zero-order chi connectivity index (χ0) is 11.9. The molecule has 1 heteroatoms. The van der Waals surface area contributed by atoms with E-state index in [0.717, 1.165) is 0 Å². The van der Waals surface area contributed by atoms with E-state index < -0.39 is 0 Å². The zero-order valence-electron chi connectivity index (χ0n) is 11.4. The standard InChI is InChI=1S/C5H12.C4H4.2C2H6.Y/c1-5(2,3)4;1-3-4-2;2*1-2;/h1-4H3;1-4H;2*1-2H3;/q;-2;;;. The SMILES string of the molecule is CC.CC.CC(C)(C)C.[CH-]=CC=[CH-].[Y]. The van der Waals surface area contributed by atoms with Crippen molar-refractivity contribution in [3.05, 3.63) is 25.3 Å². The van der Waals surface area contributed by atoms with Crippen LogP contribution in [0.2, 0.25) is 0 Å². The molecule has 0 fully saturated rings. The first-order valence-electron chi connectivity index (χ1n) is 5.00. The molecule has 0 heterocycles. The second kappa shape index (κ2) is 29.2. The Labute approximate surface area is 118 Å². The number of rotatable bonds is 1. The van der Waals surface area contributed by atoms with Gasteiger partial charge >= 0.3 is 0 Å². The van der Waals surface area contributed by atoms with Crippen molar-refractivity contribution in [2.45, 2.75) is 55.4 Å². The van der Waals surface area contributed by atoms with Gasteiger partial charge in [-0.05, 0) is 5.41 Å². The summed E-state index contributed by atoms with van der Waals surface area (Å²) in [6, 6.07) is 0. The van der Waals surface area contributed by atoms with Crippen LogP contribution >= 0.6 is 0 Å². The maximum atomic E-state index is 4.72. The van der Waals surface area contributed by atoms with Crippen LogP contribution in [-0.2, 0) is 32.7 Å². The molecule has 0 aromatic carbocycles. The Kier molecular flexibility index (Phi) is 61.1. The minimum Gasteiger partial charge on any atom is -0.394 e. The third-order valence-corrected chi connectivity index (χ3v) is 0.111. The Balaban J connectivity index is -0.0000000273. The van der Waals surface area contributed by atoms with Gasteiger partial charge in [0.15, 0.2) is 0 Å². The Morgan fingerprint density at radius 1 is 0.714 bits per heavy atom. The van der Waals surface area contributed by atoms with Crippen molar-refractivity contribution in [2.75, 3.05) is 0 Å². The molecular formula is C13H28Y-2. The van der Waals surface area contributed by atoms with Crippen molar-refractivity contribution in [1.29, 1.82) is 0 Å². The Hall–Kier alpha value is 0.584. The maximum Gasteiger partial charge on any atom is 0 e. The van der Waals surface area contributed by atoms with E-state index in [2.05, 4.69) is 27.7 Å². The van der Waals surface area contributed by atoms with Gasteiger partial charge < -0.3 is 25.3 Å². The summed E-state index contributed by atoms with van der Waals surface area (Å²) in [6.07, 6.45) is 2.56. The van der Waals surface area contributed by atoms with Gasteiger partial charge in [0.05, 0.1) is 0 Å². The van der Waals surface area contributed by atoms with Crippen LogP contribution in [0, 0.1) is 18.6 Å². The summed E-state index contributed by atoms with van der Waals surface area (Å²) in [4.78, 5) is 0. The summed E-state index contributed by atoms with van der Waals surface area (Å²) in [7, 11) is 0. The Morgan fingerprint density at radius 2 is 0.786 bits per heavy atom. The van der Waals surface area contributed by atoms with Crippen molar-refractivity contribution >= 4 is 0 Å².